The number of amides is 1. The first-order valence-corrected chi connectivity index (χ1v) is 12.5. The molecule has 0 bridgehead atoms. The second kappa shape index (κ2) is 12.9. The molecule has 0 aromatic heterocycles. The van der Waals surface area contributed by atoms with Gasteiger partial charge in [0.25, 0.3) is 5.91 Å². The van der Waals surface area contributed by atoms with Crippen LogP contribution in [-0.2, 0) is 17.8 Å². The van der Waals surface area contributed by atoms with Crippen LogP contribution in [0, 0.1) is 11.3 Å². The van der Waals surface area contributed by atoms with Crippen molar-refractivity contribution in [3.05, 3.63) is 113 Å². The van der Waals surface area contributed by atoms with Gasteiger partial charge in [0.1, 0.15) is 18.2 Å². The lowest BCUT2D eigenvalue weighted by Gasteiger charge is -2.13. The Balaban J connectivity index is 1.39. The molecule has 37 heavy (non-hydrogen) atoms. The minimum absolute atomic E-state index is 0.0481. The fourth-order valence-corrected chi connectivity index (χ4v) is 4.04. The van der Waals surface area contributed by atoms with Crippen LogP contribution in [0.5, 0.6) is 11.5 Å². The van der Waals surface area contributed by atoms with E-state index < -0.39 is 0 Å². The van der Waals surface area contributed by atoms with Gasteiger partial charge in [0.15, 0.2) is 11.5 Å². The Kier molecular flexibility index (Phi) is 8.93. The number of hydrogen-bond acceptors (Lipinski definition) is 4. The number of ether oxygens (including phenoxy) is 2. The van der Waals surface area contributed by atoms with Gasteiger partial charge in [-0.1, -0.05) is 72.8 Å². The van der Waals surface area contributed by atoms with E-state index in [1.54, 1.807) is 12.1 Å². The van der Waals surface area contributed by atoms with Gasteiger partial charge in [-0.2, -0.15) is 5.26 Å². The fraction of sp³-hybridized carbons (Fsp3) is 0.188. The first-order chi connectivity index (χ1) is 18.2. The van der Waals surface area contributed by atoms with E-state index in [0.29, 0.717) is 36.8 Å². The monoisotopic (exact) mass is 490 g/mol. The summed E-state index contributed by atoms with van der Waals surface area (Å²) in [6, 6.07) is 32.0. The molecular weight excluding hydrogens is 460 g/mol. The van der Waals surface area contributed by atoms with Crippen molar-refractivity contribution in [2.75, 3.05) is 13.2 Å². The molecule has 0 aliphatic heterocycles. The number of carbonyl (C=O) groups is 1. The first-order valence-electron chi connectivity index (χ1n) is 12.5. The molecule has 0 saturated carbocycles. The maximum absolute atomic E-state index is 12.6. The number of carbonyl (C=O) groups excluding carboxylic acids is 1. The highest BCUT2D eigenvalue weighted by Crippen LogP contribution is 2.30. The molecule has 1 amide bonds. The van der Waals surface area contributed by atoms with Gasteiger partial charge in [0.2, 0.25) is 0 Å². The fourth-order valence-electron chi connectivity index (χ4n) is 4.04. The van der Waals surface area contributed by atoms with E-state index in [1.807, 2.05) is 55.5 Å². The normalized spacial score (nSPS) is 11.1. The van der Waals surface area contributed by atoms with Crippen LogP contribution in [0.4, 0.5) is 0 Å². The zero-order valence-electron chi connectivity index (χ0n) is 20.9. The van der Waals surface area contributed by atoms with Crippen LogP contribution in [0.25, 0.3) is 16.8 Å². The van der Waals surface area contributed by atoms with E-state index >= 15 is 0 Å². The van der Waals surface area contributed by atoms with Crippen molar-refractivity contribution in [3.63, 3.8) is 0 Å². The molecule has 4 rings (SSSR count). The maximum atomic E-state index is 12.6. The summed E-state index contributed by atoms with van der Waals surface area (Å²) in [6.45, 7) is 3.26. The quantitative estimate of drug-likeness (QED) is 0.149. The van der Waals surface area contributed by atoms with Crippen LogP contribution in [0.2, 0.25) is 0 Å². The third-order valence-corrected chi connectivity index (χ3v) is 5.92. The molecule has 0 unspecified atom stereocenters. The van der Waals surface area contributed by atoms with Crippen molar-refractivity contribution in [3.8, 4) is 17.6 Å². The number of fused-ring (bicyclic) bond motifs is 1. The average molecular weight is 491 g/mol. The van der Waals surface area contributed by atoms with Crippen molar-refractivity contribution in [1.82, 2.24) is 5.32 Å². The number of nitrogens with zero attached hydrogens (tertiary/aromatic N) is 1. The van der Waals surface area contributed by atoms with Crippen LogP contribution < -0.4 is 14.8 Å². The summed E-state index contributed by atoms with van der Waals surface area (Å²) in [5, 5.41) is 14.8. The smallest absolute Gasteiger partial charge is 0.261 e. The second-order valence-corrected chi connectivity index (χ2v) is 8.62. The van der Waals surface area contributed by atoms with Gasteiger partial charge in [0, 0.05) is 6.54 Å². The van der Waals surface area contributed by atoms with E-state index in [-0.39, 0.29) is 11.5 Å². The molecule has 5 heteroatoms. The van der Waals surface area contributed by atoms with Gasteiger partial charge in [-0.3, -0.25) is 4.79 Å². The van der Waals surface area contributed by atoms with Crippen molar-refractivity contribution >= 4 is 22.8 Å². The summed E-state index contributed by atoms with van der Waals surface area (Å²) in [4.78, 5) is 12.6. The highest BCUT2D eigenvalue weighted by atomic mass is 16.5. The van der Waals surface area contributed by atoms with E-state index in [9.17, 15) is 10.1 Å². The summed E-state index contributed by atoms with van der Waals surface area (Å²) >= 11 is 0. The van der Waals surface area contributed by atoms with E-state index in [4.69, 9.17) is 9.47 Å². The van der Waals surface area contributed by atoms with Crippen molar-refractivity contribution < 1.29 is 14.3 Å². The first kappa shape index (κ1) is 25.5. The zero-order chi connectivity index (χ0) is 25.9. The lowest BCUT2D eigenvalue weighted by molar-refractivity contribution is -0.117. The molecule has 4 aromatic carbocycles. The predicted molar refractivity (Wildman–Crippen MR) is 147 cm³/mol. The molecule has 0 heterocycles. The average Bonchev–Trinajstić information content (AvgIpc) is 2.94. The molecule has 0 fully saturated rings. The molecule has 5 nitrogen and oxygen atoms in total. The second-order valence-electron chi connectivity index (χ2n) is 8.62. The molecule has 0 aliphatic carbocycles. The number of aryl methyl sites for hydroxylation is 1. The minimum atomic E-state index is -0.384. The minimum Gasteiger partial charge on any atom is -0.490 e. The highest BCUT2D eigenvalue weighted by Gasteiger charge is 2.11. The van der Waals surface area contributed by atoms with Gasteiger partial charge in [0.05, 0.1) is 6.61 Å². The van der Waals surface area contributed by atoms with Gasteiger partial charge in [-0.25, -0.2) is 0 Å². The topological polar surface area (TPSA) is 71.3 Å². The summed E-state index contributed by atoms with van der Waals surface area (Å²) in [6.07, 6.45) is 3.24. The number of nitrogens with one attached hydrogen (secondary N) is 1. The number of nitriles is 1. The molecule has 4 aromatic rings. The molecule has 0 radical (unpaired) electrons. The van der Waals surface area contributed by atoms with Crippen LogP contribution in [0.3, 0.4) is 0 Å². The molecule has 0 aliphatic rings. The lowest BCUT2D eigenvalue weighted by atomic mass is 10.1. The van der Waals surface area contributed by atoms with E-state index in [1.165, 1.54) is 10.9 Å². The Labute approximate surface area is 218 Å². The van der Waals surface area contributed by atoms with Crippen LogP contribution >= 0.6 is 0 Å². The number of rotatable bonds is 11. The van der Waals surface area contributed by atoms with Gasteiger partial charge >= 0.3 is 0 Å². The van der Waals surface area contributed by atoms with Gasteiger partial charge in [-0.05, 0) is 71.5 Å². The Bertz CT molecular complexity index is 1420. The Morgan fingerprint density at radius 2 is 1.65 bits per heavy atom. The molecule has 0 spiro atoms. The van der Waals surface area contributed by atoms with Crippen LogP contribution in [-0.4, -0.2) is 19.1 Å². The summed E-state index contributed by atoms with van der Waals surface area (Å²) in [7, 11) is 0. The molecule has 0 atom stereocenters. The molecule has 186 valence electrons. The summed E-state index contributed by atoms with van der Waals surface area (Å²) < 4.78 is 11.9. The van der Waals surface area contributed by atoms with Crippen LogP contribution in [0.15, 0.2) is 96.6 Å². The molecule has 0 saturated heterocycles. The Morgan fingerprint density at radius 3 is 2.43 bits per heavy atom. The Morgan fingerprint density at radius 1 is 0.865 bits per heavy atom. The predicted octanol–water partition coefficient (Wildman–Crippen LogP) is 6.47. The molecule has 1 N–H and O–H groups in total. The maximum Gasteiger partial charge on any atom is 0.261 e. The SMILES string of the molecule is CCOc1cc(/C=C(/C#N)C(=O)NCCCc2ccccc2)ccc1OCc1ccc2ccccc2c1. The van der Waals surface area contributed by atoms with Gasteiger partial charge < -0.3 is 14.8 Å². The third kappa shape index (κ3) is 7.22. The van der Waals surface area contributed by atoms with Gasteiger partial charge in [-0.15, -0.1) is 0 Å². The van der Waals surface area contributed by atoms with E-state index in [2.05, 4.69) is 47.8 Å². The largest absolute Gasteiger partial charge is 0.490 e. The van der Waals surface area contributed by atoms with E-state index in [0.717, 1.165) is 23.8 Å². The van der Waals surface area contributed by atoms with Crippen molar-refractivity contribution in [1.29, 1.82) is 5.26 Å². The van der Waals surface area contributed by atoms with Crippen molar-refractivity contribution in [2.45, 2.75) is 26.4 Å². The Hall–Kier alpha value is -4.56. The standard InChI is InChI=1S/C32H30N2O3/c1-2-36-31-21-25(19-29(22-33)32(35)34-18-8-11-24-9-4-3-5-10-24)15-17-30(31)37-23-26-14-16-27-12-6-7-13-28(27)20-26/h3-7,9-10,12-17,19-21H,2,8,11,18,23H2,1H3,(H,34,35)/b29-19-. The summed E-state index contributed by atoms with van der Waals surface area (Å²) in [5.74, 6) is 0.791. The van der Waals surface area contributed by atoms with Crippen LogP contribution in [0.1, 0.15) is 30.0 Å². The third-order valence-electron chi connectivity index (χ3n) is 5.92. The van der Waals surface area contributed by atoms with Crippen molar-refractivity contribution in [2.24, 2.45) is 0 Å². The number of hydrogen-bond donors (Lipinski definition) is 1. The summed E-state index contributed by atoms with van der Waals surface area (Å²) in [5.41, 5.74) is 3.02. The zero-order valence-corrected chi connectivity index (χ0v) is 20.9. The molecular formula is C32H30N2O3. The number of benzene rings is 4. The lowest BCUT2D eigenvalue weighted by Crippen LogP contribution is -2.25. The highest BCUT2D eigenvalue weighted by molar-refractivity contribution is 6.01.